The standard InChI is InChI=1S/C20H37NO6.C11H23NO2.C9H15ClO4.3ClH.2Cu/c1-8-20(9-2)12-16(22)11-19(4,5)21(20)27-13-15(18(24)26-7)10-14(3)17(23)25-6;1-5-11(6-2)8-9(13)7-10(3,4)12(11)14;1-6(8(11)13-2)4-7(5-10)9(12)14-3;;;;;/h14-16,22H,8-13H2,1-7H3;9,13-14H,5-8H2,1-4H3;6-7H,4-5H2,1-3H3;3*1H;;/q;;;;;;+1;+2/p-3. The number of halogens is 4. The van der Waals surface area contributed by atoms with Crippen molar-refractivity contribution in [2.75, 3.05) is 40.9 Å². The van der Waals surface area contributed by atoms with Crippen LogP contribution in [0.1, 0.15) is 133 Å². The van der Waals surface area contributed by atoms with E-state index in [-0.39, 0.29) is 64.7 Å². The van der Waals surface area contributed by atoms with Crippen LogP contribution in [0.4, 0.5) is 0 Å². The Morgan fingerprint density at radius 1 is 0.667 bits per heavy atom. The first-order chi connectivity index (χ1) is 27.9. The van der Waals surface area contributed by atoms with Crippen molar-refractivity contribution in [1.29, 1.82) is 0 Å². The van der Waals surface area contributed by atoms with Gasteiger partial charge in [0.15, 0.2) is 0 Å². The molecule has 0 aromatic heterocycles. The molecule has 6 atom stereocenters. The number of piperidine rings is 2. The second-order valence-corrected chi connectivity index (χ2v) is 18.3. The summed E-state index contributed by atoms with van der Waals surface area (Å²) >= 11 is 10.00. The van der Waals surface area contributed by atoms with Gasteiger partial charge >= 0.3 is 82.4 Å². The molecule has 0 saturated carbocycles. The van der Waals surface area contributed by atoms with Crippen molar-refractivity contribution in [2.45, 2.75) is 168 Å². The molecule has 20 heteroatoms. The Kier molecular flexibility index (Phi) is 34.7. The van der Waals surface area contributed by atoms with E-state index in [1.54, 1.807) is 13.8 Å². The number of hydrogen-bond acceptors (Lipinski definition) is 14. The van der Waals surface area contributed by atoms with E-state index in [4.69, 9.17) is 25.9 Å². The van der Waals surface area contributed by atoms with Gasteiger partial charge in [0.25, 0.3) is 0 Å². The van der Waals surface area contributed by atoms with E-state index >= 15 is 0 Å². The molecule has 0 aromatic rings. The molecule has 2 rings (SSSR count). The van der Waals surface area contributed by atoms with E-state index in [0.717, 1.165) is 38.8 Å². The average Bonchev–Trinajstić information content (AvgIpc) is 3.22. The van der Waals surface area contributed by atoms with Gasteiger partial charge in [-0.15, -0.1) is 11.6 Å². The van der Waals surface area contributed by atoms with Crippen molar-refractivity contribution < 1.29 is 86.6 Å². The van der Waals surface area contributed by atoms with Crippen LogP contribution < -0.4 is 0 Å². The monoisotopic (exact) mass is 1040 g/mol. The van der Waals surface area contributed by atoms with Gasteiger partial charge in [-0.25, -0.2) is 0 Å². The van der Waals surface area contributed by atoms with Crippen molar-refractivity contribution in [3.8, 4) is 0 Å². The van der Waals surface area contributed by atoms with Gasteiger partial charge in [-0.1, -0.05) is 41.5 Å². The van der Waals surface area contributed by atoms with Crippen LogP contribution in [0.3, 0.4) is 0 Å². The fourth-order valence-corrected chi connectivity index (χ4v) is 8.43. The van der Waals surface area contributed by atoms with E-state index in [2.05, 4.69) is 82.6 Å². The Hall–Kier alpha value is -0.161. The number of hydrogen-bond donors (Lipinski definition) is 3. The molecule has 2 saturated heterocycles. The zero-order chi connectivity index (χ0) is 47.7. The summed E-state index contributed by atoms with van der Waals surface area (Å²) in [6.07, 6.45) is 5.93. The van der Waals surface area contributed by atoms with Gasteiger partial charge in [0.05, 0.1) is 70.9 Å². The number of rotatable bonds is 16. The van der Waals surface area contributed by atoms with Crippen molar-refractivity contribution in [3.63, 3.8) is 0 Å². The number of nitrogens with zero attached hydrogens (tertiary/aromatic N) is 2. The molecule has 0 aromatic carbocycles. The zero-order valence-corrected chi connectivity index (χ0v) is 42.9. The Morgan fingerprint density at radius 3 is 1.35 bits per heavy atom. The van der Waals surface area contributed by atoms with Gasteiger partial charge in [-0.2, -0.15) is 10.1 Å². The molecule has 2 aliphatic rings. The molecule has 6 unspecified atom stereocenters. The van der Waals surface area contributed by atoms with Crippen molar-refractivity contribution in [1.82, 2.24) is 10.1 Å². The molecule has 0 bridgehead atoms. The predicted octanol–water partition coefficient (Wildman–Crippen LogP) is 8.15. The fraction of sp³-hybridized carbons (Fsp3) is 0.900. The van der Waals surface area contributed by atoms with E-state index in [9.17, 15) is 34.6 Å². The summed E-state index contributed by atoms with van der Waals surface area (Å²) in [5.41, 5.74) is -1.22. The molecule has 2 aliphatic heterocycles. The molecule has 14 nitrogen and oxygen atoms in total. The average molecular weight is 1040 g/mol. The minimum atomic E-state index is -0.571. The molecule has 2 fully saturated rings. The van der Waals surface area contributed by atoms with E-state index in [1.165, 1.54) is 33.5 Å². The van der Waals surface area contributed by atoms with Crippen LogP contribution in [0.15, 0.2) is 0 Å². The predicted molar refractivity (Wildman–Crippen MR) is 228 cm³/mol. The number of carbonyl (C=O) groups is 4. The zero-order valence-electron chi connectivity index (χ0n) is 38.0. The number of hydroxylamine groups is 4. The number of carbonyl (C=O) groups excluding carboxylic acids is 4. The topological polar surface area (TPSA) is 182 Å². The fourth-order valence-electron chi connectivity index (χ4n) is 8.17. The Bertz CT molecular complexity index is 1220. The molecular formula is C40H75Cl4Cu2N2O12. The van der Waals surface area contributed by atoms with Gasteiger partial charge < -0.3 is 34.4 Å². The maximum absolute atomic E-state index is 12.2. The van der Waals surface area contributed by atoms with Crippen LogP contribution in [0, 0.1) is 23.7 Å². The van der Waals surface area contributed by atoms with Gasteiger partial charge in [-0.3, -0.25) is 24.0 Å². The van der Waals surface area contributed by atoms with Gasteiger partial charge in [-0.05, 0) is 91.9 Å². The summed E-state index contributed by atoms with van der Waals surface area (Å²) in [6.45, 7) is 19.9. The molecule has 367 valence electrons. The maximum atomic E-state index is 12.2. The number of alkyl halides is 1. The van der Waals surface area contributed by atoms with Gasteiger partial charge in [0.1, 0.15) is 0 Å². The number of methoxy groups -OCH3 is 4. The van der Waals surface area contributed by atoms with Crippen molar-refractivity contribution >= 4 is 65.8 Å². The number of aliphatic hydroxyl groups excluding tert-OH is 2. The number of esters is 4. The summed E-state index contributed by atoms with van der Waals surface area (Å²) in [5, 5.41) is 33.8. The Morgan fingerprint density at radius 2 is 1.00 bits per heavy atom. The van der Waals surface area contributed by atoms with E-state index in [1.807, 2.05) is 32.8 Å². The van der Waals surface area contributed by atoms with Crippen molar-refractivity contribution in [2.24, 2.45) is 23.7 Å². The molecule has 60 heavy (non-hydrogen) atoms. The second kappa shape index (κ2) is 32.5. The molecule has 0 amide bonds. The number of ether oxygens (including phenoxy) is 4. The Balaban J connectivity index is -0.000000831. The molecular weight excluding hydrogens is 969 g/mol. The number of aliphatic hydroxyl groups is 2. The van der Waals surface area contributed by atoms with Crippen LogP contribution in [0.2, 0.25) is 0 Å². The summed E-state index contributed by atoms with van der Waals surface area (Å²) in [5.74, 6) is -3.15. The van der Waals surface area contributed by atoms with Crippen LogP contribution in [-0.4, -0.2) is 125 Å². The third kappa shape index (κ3) is 20.8. The van der Waals surface area contributed by atoms with E-state index < -0.39 is 29.7 Å². The first-order valence-corrected chi connectivity index (χ1v) is 24.4. The quantitative estimate of drug-likeness (QED) is 0.0583. The van der Waals surface area contributed by atoms with Crippen LogP contribution >= 0.6 is 41.9 Å². The van der Waals surface area contributed by atoms with Crippen molar-refractivity contribution in [3.05, 3.63) is 0 Å². The first-order valence-electron chi connectivity index (χ1n) is 20.0. The normalized spacial score (nSPS) is 22.1. The van der Waals surface area contributed by atoms with E-state index in [0.29, 0.717) is 38.5 Å². The third-order valence-corrected chi connectivity index (χ3v) is 11.9. The van der Waals surface area contributed by atoms with Crippen LogP contribution in [-0.2, 0) is 71.2 Å². The van der Waals surface area contributed by atoms with Crippen LogP contribution in [0.25, 0.3) is 0 Å². The molecule has 2 heterocycles. The van der Waals surface area contributed by atoms with Crippen LogP contribution in [0.5, 0.6) is 0 Å². The summed E-state index contributed by atoms with van der Waals surface area (Å²) in [6, 6.07) is 0. The summed E-state index contributed by atoms with van der Waals surface area (Å²) in [7, 11) is 18.8. The Labute approximate surface area is 392 Å². The van der Waals surface area contributed by atoms with Gasteiger partial charge in [0.2, 0.25) is 0 Å². The minimum absolute atomic E-state index is 0.120. The molecule has 0 radical (unpaired) electrons. The first kappa shape index (κ1) is 64.1. The second-order valence-electron chi connectivity index (χ2n) is 16.5. The third-order valence-electron chi connectivity index (χ3n) is 11.5. The SMILES string of the molecule is CCC1(CC)CC(O)CC(C)(C)N1O.CCC1(CC)CC(O)CC(C)(C)N1OCC(CC(C)C(=O)OC)C(=O)OC.COC(=O)C(C)CC(CCl)C(=O)OC.[Cl][Cu].[Cl][Cu][Cl]. The molecule has 0 aliphatic carbocycles. The van der Waals surface area contributed by atoms with Gasteiger partial charge in [0, 0.05) is 28.0 Å². The summed E-state index contributed by atoms with van der Waals surface area (Å²) < 4.78 is 18.8. The summed E-state index contributed by atoms with van der Waals surface area (Å²) in [4.78, 5) is 52.4. The molecule has 0 spiro atoms. The molecule has 3 N–H and O–H groups in total.